The van der Waals surface area contributed by atoms with Crippen molar-refractivity contribution in [1.82, 2.24) is 30.4 Å². The van der Waals surface area contributed by atoms with Crippen LogP contribution in [0.4, 0.5) is 0 Å². The zero-order chi connectivity index (χ0) is 12.1. The lowest BCUT2D eigenvalue weighted by atomic mass is 10.3. The minimum Gasteiger partial charge on any atom is -0.354 e. The van der Waals surface area contributed by atoms with E-state index in [4.69, 9.17) is 0 Å². The van der Waals surface area contributed by atoms with E-state index < -0.39 is 0 Å². The van der Waals surface area contributed by atoms with Crippen LogP contribution in [-0.2, 0) is 17.9 Å². The minimum absolute atomic E-state index is 0.0730. The van der Waals surface area contributed by atoms with Crippen LogP contribution >= 0.6 is 0 Å². The molecule has 0 bridgehead atoms. The normalized spacial score (nSPS) is 17.1. The number of carbonyl (C=O) groups is 1. The van der Waals surface area contributed by atoms with Crippen molar-refractivity contribution in [3.63, 3.8) is 0 Å². The average molecular weight is 238 g/mol. The molecule has 0 unspecified atom stereocenters. The van der Waals surface area contributed by atoms with Crippen molar-refractivity contribution < 1.29 is 4.79 Å². The molecule has 0 saturated carbocycles. The number of rotatable bonds is 5. The molecule has 1 aromatic heterocycles. The quantitative estimate of drug-likeness (QED) is 0.741. The van der Waals surface area contributed by atoms with E-state index in [0.29, 0.717) is 19.6 Å². The maximum atomic E-state index is 11.2. The molecule has 2 heterocycles. The highest BCUT2D eigenvalue weighted by atomic mass is 16.2. The molecule has 1 aliphatic rings. The smallest absolute Gasteiger partial charge is 0.234 e. The molecular formula is C10H18N6O. The van der Waals surface area contributed by atoms with Crippen molar-refractivity contribution in [2.75, 3.05) is 19.6 Å². The van der Waals surface area contributed by atoms with Crippen LogP contribution in [0.1, 0.15) is 25.6 Å². The van der Waals surface area contributed by atoms with Crippen LogP contribution < -0.4 is 5.32 Å². The van der Waals surface area contributed by atoms with Gasteiger partial charge in [-0.05, 0) is 16.8 Å². The maximum Gasteiger partial charge on any atom is 0.234 e. The Labute approximate surface area is 100 Å². The van der Waals surface area contributed by atoms with Gasteiger partial charge in [0.1, 0.15) is 0 Å². The molecule has 7 nitrogen and oxygen atoms in total. The standard InChI is InChI=1S/C10H18N6O/c1-2-3-5-16-9(12-13-14-16)7-15-6-4-11-10(17)8-15/h2-8H2,1H3,(H,11,17). The summed E-state index contributed by atoms with van der Waals surface area (Å²) >= 11 is 0. The van der Waals surface area contributed by atoms with Crippen LogP contribution in [0.15, 0.2) is 0 Å². The molecule has 1 amide bonds. The largest absolute Gasteiger partial charge is 0.354 e. The second-order valence-electron chi connectivity index (χ2n) is 4.23. The van der Waals surface area contributed by atoms with Crippen molar-refractivity contribution >= 4 is 5.91 Å². The van der Waals surface area contributed by atoms with Crippen LogP contribution in [0.2, 0.25) is 0 Å². The predicted octanol–water partition coefficient (Wildman–Crippen LogP) is -0.595. The lowest BCUT2D eigenvalue weighted by Crippen LogP contribution is -2.47. The molecule has 7 heteroatoms. The van der Waals surface area contributed by atoms with E-state index in [0.717, 1.165) is 31.8 Å². The third kappa shape index (κ3) is 3.23. The summed E-state index contributed by atoms with van der Waals surface area (Å²) in [7, 11) is 0. The molecular weight excluding hydrogens is 220 g/mol. The molecule has 0 radical (unpaired) electrons. The number of piperazine rings is 1. The number of carbonyl (C=O) groups excluding carboxylic acids is 1. The highest BCUT2D eigenvalue weighted by Gasteiger charge is 2.18. The SMILES string of the molecule is CCCCn1nnnc1CN1CCNC(=O)C1. The number of hydrogen-bond acceptors (Lipinski definition) is 5. The van der Waals surface area contributed by atoms with Gasteiger partial charge in [-0.25, -0.2) is 4.68 Å². The van der Waals surface area contributed by atoms with Crippen LogP contribution in [0.25, 0.3) is 0 Å². The van der Waals surface area contributed by atoms with Gasteiger partial charge in [-0.1, -0.05) is 13.3 Å². The Balaban J connectivity index is 1.93. The number of aromatic nitrogens is 4. The Hall–Kier alpha value is -1.50. The van der Waals surface area contributed by atoms with E-state index >= 15 is 0 Å². The first-order chi connectivity index (χ1) is 8.29. The number of unbranched alkanes of at least 4 members (excludes halogenated alkanes) is 1. The zero-order valence-electron chi connectivity index (χ0n) is 10.1. The fourth-order valence-corrected chi connectivity index (χ4v) is 1.84. The van der Waals surface area contributed by atoms with Crippen LogP contribution in [0.5, 0.6) is 0 Å². The molecule has 1 N–H and O–H groups in total. The van der Waals surface area contributed by atoms with Crippen molar-refractivity contribution in [2.24, 2.45) is 0 Å². The average Bonchev–Trinajstić information content (AvgIpc) is 2.74. The third-order valence-corrected chi connectivity index (χ3v) is 2.81. The molecule has 0 atom stereocenters. The second-order valence-corrected chi connectivity index (χ2v) is 4.23. The summed E-state index contributed by atoms with van der Waals surface area (Å²) in [5.41, 5.74) is 0. The van der Waals surface area contributed by atoms with Gasteiger partial charge < -0.3 is 5.32 Å². The number of tetrazole rings is 1. The first-order valence-electron chi connectivity index (χ1n) is 6.03. The number of nitrogens with zero attached hydrogens (tertiary/aromatic N) is 5. The maximum absolute atomic E-state index is 11.2. The van der Waals surface area contributed by atoms with Gasteiger partial charge in [-0.2, -0.15) is 0 Å². The van der Waals surface area contributed by atoms with Gasteiger partial charge in [0.2, 0.25) is 5.91 Å². The van der Waals surface area contributed by atoms with Crippen molar-refractivity contribution in [3.05, 3.63) is 5.82 Å². The van der Waals surface area contributed by atoms with E-state index in [1.807, 2.05) is 4.68 Å². The summed E-state index contributed by atoms with van der Waals surface area (Å²) < 4.78 is 1.83. The lowest BCUT2D eigenvalue weighted by molar-refractivity contribution is -0.124. The summed E-state index contributed by atoms with van der Waals surface area (Å²) in [6, 6.07) is 0. The monoisotopic (exact) mass is 238 g/mol. The van der Waals surface area contributed by atoms with E-state index in [9.17, 15) is 4.79 Å². The first-order valence-corrected chi connectivity index (χ1v) is 6.03. The number of aryl methyl sites for hydroxylation is 1. The zero-order valence-corrected chi connectivity index (χ0v) is 10.1. The Morgan fingerprint density at radius 3 is 3.12 bits per heavy atom. The molecule has 0 spiro atoms. The van der Waals surface area contributed by atoms with E-state index in [1.54, 1.807) is 0 Å². The molecule has 0 aromatic carbocycles. The van der Waals surface area contributed by atoms with E-state index in [2.05, 4.69) is 32.7 Å². The minimum atomic E-state index is 0.0730. The summed E-state index contributed by atoms with van der Waals surface area (Å²) in [6.45, 7) is 5.62. The molecule has 1 aromatic rings. The van der Waals surface area contributed by atoms with Gasteiger partial charge in [-0.3, -0.25) is 9.69 Å². The molecule has 0 aliphatic carbocycles. The van der Waals surface area contributed by atoms with Gasteiger partial charge in [0.15, 0.2) is 5.82 Å². The molecule has 2 rings (SSSR count). The van der Waals surface area contributed by atoms with Crippen LogP contribution in [0.3, 0.4) is 0 Å². The summed E-state index contributed by atoms with van der Waals surface area (Å²) in [6.07, 6.45) is 2.18. The Kier molecular flexibility index (Phi) is 4.03. The van der Waals surface area contributed by atoms with Crippen LogP contribution in [-0.4, -0.2) is 50.6 Å². The molecule has 94 valence electrons. The fraction of sp³-hybridized carbons (Fsp3) is 0.800. The highest BCUT2D eigenvalue weighted by Crippen LogP contribution is 2.03. The molecule has 1 saturated heterocycles. The van der Waals surface area contributed by atoms with Gasteiger partial charge in [0, 0.05) is 19.6 Å². The highest BCUT2D eigenvalue weighted by molar-refractivity contribution is 5.78. The lowest BCUT2D eigenvalue weighted by Gasteiger charge is -2.25. The van der Waals surface area contributed by atoms with Gasteiger partial charge >= 0.3 is 0 Å². The molecule has 17 heavy (non-hydrogen) atoms. The Bertz CT molecular complexity index is 377. The topological polar surface area (TPSA) is 75.9 Å². The summed E-state index contributed by atoms with van der Waals surface area (Å²) in [5.74, 6) is 0.914. The number of amides is 1. The molecule has 1 fully saturated rings. The summed E-state index contributed by atoms with van der Waals surface area (Å²) in [5, 5.41) is 14.5. The van der Waals surface area contributed by atoms with Crippen molar-refractivity contribution in [2.45, 2.75) is 32.9 Å². The first kappa shape index (κ1) is 12.0. The Morgan fingerprint density at radius 1 is 1.47 bits per heavy atom. The summed E-state index contributed by atoms with van der Waals surface area (Å²) in [4.78, 5) is 13.3. The Morgan fingerprint density at radius 2 is 2.35 bits per heavy atom. The number of nitrogens with one attached hydrogen (secondary N) is 1. The van der Waals surface area contributed by atoms with E-state index in [1.165, 1.54) is 0 Å². The van der Waals surface area contributed by atoms with Crippen molar-refractivity contribution in [3.8, 4) is 0 Å². The van der Waals surface area contributed by atoms with Crippen LogP contribution in [0, 0.1) is 0 Å². The fourth-order valence-electron chi connectivity index (χ4n) is 1.84. The van der Waals surface area contributed by atoms with Gasteiger partial charge in [0.25, 0.3) is 0 Å². The predicted molar refractivity (Wildman–Crippen MR) is 61.0 cm³/mol. The van der Waals surface area contributed by atoms with Crippen molar-refractivity contribution in [1.29, 1.82) is 0 Å². The third-order valence-electron chi connectivity index (χ3n) is 2.81. The molecule has 1 aliphatic heterocycles. The van der Waals surface area contributed by atoms with E-state index in [-0.39, 0.29) is 5.91 Å². The number of hydrogen-bond donors (Lipinski definition) is 1. The second kappa shape index (κ2) is 5.72. The van der Waals surface area contributed by atoms with Gasteiger partial charge in [0.05, 0.1) is 13.1 Å². The van der Waals surface area contributed by atoms with Gasteiger partial charge in [-0.15, -0.1) is 5.10 Å².